The van der Waals surface area contributed by atoms with Crippen LogP contribution < -0.4 is 20.2 Å². The van der Waals surface area contributed by atoms with Crippen molar-refractivity contribution in [1.29, 1.82) is 0 Å². The minimum atomic E-state index is -0.00428. The molecule has 4 rings (SSSR count). The predicted molar refractivity (Wildman–Crippen MR) is 101 cm³/mol. The van der Waals surface area contributed by atoms with Crippen LogP contribution in [0.15, 0.2) is 46.3 Å². The van der Waals surface area contributed by atoms with Crippen molar-refractivity contribution >= 4 is 27.1 Å². The lowest BCUT2D eigenvalue weighted by Crippen LogP contribution is -2.32. The second-order valence-corrected chi connectivity index (χ2v) is 7.19. The van der Waals surface area contributed by atoms with Crippen LogP contribution in [0.2, 0.25) is 0 Å². The number of hydrogen-bond acceptors (Lipinski definition) is 5. The Morgan fingerprint density at radius 1 is 1.20 bits per heavy atom. The first-order valence-corrected chi connectivity index (χ1v) is 8.95. The highest BCUT2D eigenvalue weighted by Gasteiger charge is 2.16. The van der Waals surface area contributed by atoms with E-state index in [1.54, 1.807) is 11.7 Å². The van der Waals surface area contributed by atoms with Crippen LogP contribution in [0.3, 0.4) is 0 Å². The number of hydrogen-bond donors (Lipinski definition) is 0. The highest BCUT2D eigenvalue weighted by molar-refractivity contribution is 7.16. The highest BCUT2D eigenvalue weighted by Crippen LogP contribution is 2.17. The summed E-state index contributed by atoms with van der Waals surface area (Å²) in [4.78, 5) is 19.8. The molecule has 0 atom stereocenters. The van der Waals surface area contributed by atoms with Gasteiger partial charge in [-0.3, -0.25) is 14.4 Å². The number of aromatic nitrogens is 1. The topological polar surface area (TPSA) is 46.8 Å². The molecule has 3 heterocycles. The summed E-state index contributed by atoms with van der Waals surface area (Å²) in [7, 11) is 5.73. The molecular formula is C19H19N3O2S. The van der Waals surface area contributed by atoms with Gasteiger partial charge in [-0.25, -0.2) is 0 Å². The van der Waals surface area contributed by atoms with Gasteiger partial charge in [-0.1, -0.05) is 0 Å². The molecule has 0 unspecified atom stereocenters. The van der Waals surface area contributed by atoms with E-state index in [4.69, 9.17) is 4.74 Å². The molecule has 1 aromatic carbocycles. The van der Waals surface area contributed by atoms with Gasteiger partial charge in [0.05, 0.1) is 7.11 Å². The highest BCUT2D eigenvalue weighted by atomic mass is 32.1. The summed E-state index contributed by atoms with van der Waals surface area (Å²) in [6.07, 6.45) is 2.76. The molecule has 6 heteroatoms. The molecule has 0 amide bonds. The van der Waals surface area contributed by atoms with Crippen LogP contribution in [-0.4, -0.2) is 37.2 Å². The van der Waals surface area contributed by atoms with Crippen molar-refractivity contribution in [3.63, 3.8) is 0 Å². The Kier molecular flexibility index (Phi) is 3.84. The number of ether oxygens (including phenoxy) is 1. The molecule has 0 saturated heterocycles. The molecule has 0 bridgehead atoms. The molecule has 1 aliphatic heterocycles. The summed E-state index contributed by atoms with van der Waals surface area (Å²) in [5, 5.41) is 2.12. The summed E-state index contributed by atoms with van der Waals surface area (Å²) in [6, 6.07) is 9.53. The fourth-order valence-corrected chi connectivity index (χ4v) is 4.39. The van der Waals surface area contributed by atoms with E-state index in [2.05, 4.69) is 9.89 Å². The minimum absolute atomic E-state index is 0.00428. The third-order valence-corrected chi connectivity index (χ3v) is 5.64. The summed E-state index contributed by atoms with van der Waals surface area (Å²) < 4.78 is 8.59. The van der Waals surface area contributed by atoms with E-state index in [1.807, 2.05) is 50.6 Å². The molecule has 0 radical (unpaired) electrons. The van der Waals surface area contributed by atoms with Crippen LogP contribution >= 0.6 is 11.3 Å². The van der Waals surface area contributed by atoms with E-state index >= 15 is 0 Å². The van der Waals surface area contributed by atoms with E-state index in [1.165, 1.54) is 17.0 Å². The van der Waals surface area contributed by atoms with Crippen LogP contribution in [0.25, 0.3) is 21.5 Å². The lowest BCUT2D eigenvalue weighted by atomic mass is 10.1. The average Bonchev–Trinajstić information content (AvgIpc) is 3.02. The van der Waals surface area contributed by atoms with Gasteiger partial charge < -0.3 is 9.64 Å². The fraction of sp³-hybridized carbons (Fsp3) is 0.263. The van der Waals surface area contributed by atoms with Gasteiger partial charge >= 0.3 is 0 Å². The van der Waals surface area contributed by atoms with Crippen molar-refractivity contribution in [2.75, 3.05) is 27.7 Å². The lowest BCUT2D eigenvalue weighted by molar-refractivity contribution is 0.414. The van der Waals surface area contributed by atoms with Crippen LogP contribution in [0, 0.1) is 0 Å². The first-order chi connectivity index (χ1) is 12.1. The molecular weight excluding hydrogens is 334 g/mol. The van der Waals surface area contributed by atoms with E-state index in [9.17, 15) is 4.79 Å². The Labute approximate surface area is 149 Å². The van der Waals surface area contributed by atoms with Gasteiger partial charge in [-0.05, 0) is 30.3 Å². The van der Waals surface area contributed by atoms with Crippen LogP contribution in [-0.2, 0) is 0 Å². The molecule has 0 aliphatic carbocycles. The maximum atomic E-state index is 13.1. The number of rotatable bonds is 3. The normalized spacial score (nSPS) is 13.5. The van der Waals surface area contributed by atoms with E-state index in [0.29, 0.717) is 0 Å². The summed E-state index contributed by atoms with van der Waals surface area (Å²) in [6.45, 7) is 0.778. The van der Waals surface area contributed by atoms with Crippen molar-refractivity contribution in [1.82, 2.24) is 9.47 Å². The SMILES string of the molecule is COc1ccc(-n2ccc3c4c(sc3c2=O)=NCCC=4N(C)C)cc1. The van der Waals surface area contributed by atoms with E-state index in [-0.39, 0.29) is 5.56 Å². The molecule has 128 valence electrons. The lowest BCUT2D eigenvalue weighted by Gasteiger charge is -2.18. The molecule has 0 saturated carbocycles. The van der Waals surface area contributed by atoms with Gasteiger partial charge in [0.1, 0.15) is 15.1 Å². The predicted octanol–water partition coefficient (Wildman–Crippen LogP) is 1.75. The van der Waals surface area contributed by atoms with Crippen molar-refractivity contribution in [2.45, 2.75) is 6.42 Å². The average molecular weight is 353 g/mol. The number of benzene rings is 1. The van der Waals surface area contributed by atoms with Gasteiger partial charge in [0.2, 0.25) is 0 Å². The molecule has 0 N–H and O–H groups in total. The molecule has 3 aromatic rings. The molecule has 2 aromatic heterocycles. The van der Waals surface area contributed by atoms with Crippen LogP contribution in [0.1, 0.15) is 6.42 Å². The van der Waals surface area contributed by atoms with Crippen molar-refractivity contribution in [2.24, 2.45) is 4.99 Å². The molecule has 5 nitrogen and oxygen atoms in total. The van der Waals surface area contributed by atoms with E-state index < -0.39 is 0 Å². The monoisotopic (exact) mass is 353 g/mol. The van der Waals surface area contributed by atoms with Gasteiger partial charge in [0.25, 0.3) is 5.56 Å². The Bertz CT molecular complexity index is 1120. The Balaban J connectivity index is 1.99. The Morgan fingerprint density at radius 2 is 1.96 bits per heavy atom. The summed E-state index contributed by atoms with van der Waals surface area (Å²) in [5.74, 6) is 0.772. The number of thiophene rings is 1. The van der Waals surface area contributed by atoms with Gasteiger partial charge in [0.15, 0.2) is 0 Å². The maximum absolute atomic E-state index is 13.1. The number of pyridine rings is 1. The number of nitrogens with zero attached hydrogens (tertiary/aromatic N) is 3. The van der Waals surface area contributed by atoms with Gasteiger partial charge in [0, 0.05) is 55.2 Å². The third kappa shape index (κ3) is 2.53. The quantitative estimate of drug-likeness (QED) is 0.721. The second kappa shape index (κ2) is 6.04. The van der Waals surface area contributed by atoms with Gasteiger partial charge in [-0.15, -0.1) is 11.3 Å². The Morgan fingerprint density at radius 3 is 2.64 bits per heavy atom. The largest absolute Gasteiger partial charge is 0.497 e. The Hall–Kier alpha value is -2.60. The third-order valence-electron chi connectivity index (χ3n) is 4.51. The van der Waals surface area contributed by atoms with Crippen LogP contribution in [0.5, 0.6) is 5.75 Å². The molecule has 1 aliphatic rings. The zero-order chi connectivity index (χ0) is 17.6. The first-order valence-electron chi connectivity index (χ1n) is 8.13. The summed E-state index contributed by atoms with van der Waals surface area (Å²) >= 11 is 1.49. The maximum Gasteiger partial charge on any atom is 0.273 e. The second-order valence-electron chi connectivity index (χ2n) is 6.19. The van der Waals surface area contributed by atoms with Crippen molar-refractivity contribution in [3.05, 3.63) is 56.8 Å². The molecule has 0 fully saturated rings. The van der Waals surface area contributed by atoms with Crippen LogP contribution in [0.4, 0.5) is 0 Å². The summed E-state index contributed by atoms with van der Waals surface area (Å²) in [5.41, 5.74) is 2.07. The zero-order valence-corrected chi connectivity index (χ0v) is 15.3. The zero-order valence-electron chi connectivity index (χ0n) is 14.4. The molecule has 25 heavy (non-hydrogen) atoms. The first kappa shape index (κ1) is 15.9. The molecule has 0 spiro atoms. The van der Waals surface area contributed by atoms with Crippen molar-refractivity contribution < 1.29 is 4.74 Å². The fourth-order valence-electron chi connectivity index (χ4n) is 3.25. The standard InChI is InChI=1S/C19H19N3O2S/c1-21(2)15-8-10-20-18-16(15)14-9-11-22(19(23)17(14)25-18)12-4-6-13(24-3)7-5-12/h4-7,9,11H,8,10H2,1-3H3. The number of methoxy groups -OCH3 is 1. The van der Waals surface area contributed by atoms with Gasteiger partial charge in [-0.2, -0.15) is 0 Å². The van der Waals surface area contributed by atoms with Crippen molar-refractivity contribution in [3.8, 4) is 11.4 Å². The van der Waals surface area contributed by atoms with E-state index in [0.717, 1.165) is 44.4 Å². The smallest absolute Gasteiger partial charge is 0.273 e. The minimum Gasteiger partial charge on any atom is -0.497 e. The number of fused-ring (bicyclic) bond motifs is 3.